The van der Waals surface area contributed by atoms with Crippen LogP contribution in [0.15, 0.2) is 0 Å². The Balaban J connectivity index is 2.54. The number of aryl methyl sites for hydroxylation is 1. The third-order valence-corrected chi connectivity index (χ3v) is 4.20. The highest BCUT2D eigenvalue weighted by molar-refractivity contribution is 5.20. The van der Waals surface area contributed by atoms with Crippen LogP contribution in [0.1, 0.15) is 84.5 Å². The summed E-state index contributed by atoms with van der Waals surface area (Å²) in [5.41, 5.74) is 2.94. The maximum absolute atomic E-state index is 4.50. The summed E-state index contributed by atoms with van der Waals surface area (Å²) >= 11 is 0. The normalized spacial score (nSPS) is 21.7. The number of nitrogens with zero attached hydrogens (tertiary/aromatic N) is 3. The van der Waals surface area contributed by atoms with Crippen LogP contribution in [0.2, 0.25) is 0 Å². The first kappa shape index (κ1) is 14.5. The zero-order valence-corrected chi connectivity index (χ0v) is 13.5. The van der Waals surface area contributed by atoms with Crippen LogP contribution in [-0.4, -0.2) is 15.0 Å². The average Bonchev–Trinajstić information content (AvgIpc) is 2.58. The Kier molecular flexibility index (Phi) is 3.76. The maximum atomic E-state index is 4.50. The Morgan fingerprint density at radius 3 is 2.26 bits per heavy atom. The van der Waals surface area contributed by atoms with Crippen molar-refractivity contribution >= 4 is 0 Å². The Bertz CT molecular complexity index is 432. The number of rotatable bonds is 0. The fourth-order valence-electron chi connectivity index (χ4n) is 3.14. The second kappa shape index (κ2) is 4.92. The predicted molar refractivity (Wildman–Crippen MR) is 79.4 cm³/mol. The summed E-state index contributed by atoms with van der Waals surface area (Å²) in [7, 11) is 0. The molecule has 0 N–H and O–H groups in total. The SMILES string of the molecule is CC(C)(C)C1CCCCCc2nnn(C(C)(C)C)c21. The maximum Gasteiger partial charge on any atom is 0.0862 e. The van der Waals surface area contributed by atoms with E-state index in [4.69, 9.17) is 0 Å². The van der Waals surface area contributed by atoms with Crippen molar-refractivity contribution in [2.24, 2.45) is 5.41 Å². The predicted octanol–water partition coefficient (Wildman–Crippen LogP) is 4.28. The molecule has 1 unspecified atom stereocenters. The molecule has 0 radical (unpaired) electrons. The van der Waals surface area contributed by atoms with Crippen molar-refractivity contribution in [3.8, 4) is 0 Å². The molecule has 2 rings (SSSR count). The molecule has 0 fully saturated rings. The largest absolute Gasteiger partial charge is 0.244 e. The molecule has 3 nitrogen and oxygen atoms in total. The lowest BCUT2D eigenvalue weighted by Crippen LogP contribution is -2.31. The van der Waals surface area contributed by atoms with E-state index in [0.717, 1.165) is 6.42 Å². The minimum Gasteiger partial charge on any atom is -0.244 e. The number of hydrogen-bond donors (Lipinski definition) is 0. The molecule has 0 aromatic carbocycles. The van der Waals surface area contributed by atoms with Crippen LogP contribution in [-0.2, 0) is 12.0 Å². The second-order valence-electron chi connectivity index (χ2n) is 8.02. The van der Waals surface area contributed by atoms with Gasteiger partial charge in [-0.1, -0.05) is 38.8 Å². The summed E-state index contributed by atoms with van der Waals surface area (Å²) in [5, 5.41) is 8.98. The molecule has 3 heteroatoms. The zero-order chi connectivity index (χ0) is 14.3. The van der Waals surface area contributed by atoms with Crippen molar-refractivity contribution in [2.75, 3.05) is 0 Å². The number of hydrogen-bond acceptors (Lipinski definition) is 2. The van der Waals surface area contributed by atoms with Gasteiger partial charge in [0.15, 0.2) is 0 Å². The van der Waals surface area contributed by atoms with Gasteiger partial charge in [0.2, 0.25) is 0 Å². The number of fused-ring (bicyclic) bond motifs is 1. The quantitative estimate of drug-likeness (QED) is 0.699. The van der Waals surface area contributed by atoms with Crippen LogP contribution in [0.3, 0.4) is 0 Å². The van der Waals surface area contributed by atoms with Crippen LogP contribution in [0.25, 0.3) is 0 Å². The molecule has 1 aromatic heterocycles. The van der Waals surface area contributed by atoms with Crippen molar-refractivity contribution in [3.05, 3.63) is 11.4 Å². The molecule has 1 atom stereocenters. The van der Waals surface area contributed by atoms with Crippen LogP contribution in [0, 0.1) is 5.41 Å². The van der Waals surface area contributed by atoms with Crippen molar-refractivity contribution in [1.82, 2.24) is 15.0 Å². The van der Waals surface area contributed by atoms with Crippen molar-refractivity contribution in [1.29, 1.82) is 0 Å². The number of aromatic nitrogens is 3. The highest BCUT2D eigenvalue weighted by atomic mass is 15.5. The lowest BCUT2D eigenvalue weighted by molar-refractivity contribution is 0.252. The summed E-state index contributed by atoms with van der Waals surface area (Å²) in [4.78, 5) is 0. The van der Waals surface area contributed by atoms with E-state index in [-0.39, 0.29) is 11.0 Å². The molecule has 108 valence electrons. The first-order valence-corrected chi connectivity index (χ1v) is 7.66. The van der Waals surface area contributed by atoms with Crippen LogP contribution >= 0.6 is 0 Å². The topological polar surface area (TPSA) is 30.7 Å². The van der Waals surface area contributed by atoms with Gasteiger partial charge in [0.1, 0.15) is 0 Å². The first-order chi connectivity index (χ1) is 8.71. The Labute approximate surface area is 117 Å². The summed E-state index contributed by atoms with van der Waals surface area (Å²) in [6, 6.07) is 0. The molecule has 0 bridgehead atoms. The molecule has 0 saturated carbocycles. The molecular formula is C16H29N3. The van der Waals surface area contributed by atoms with E-state index in [1.54, 1.807) is 0 Å². The van der Waals surface area contributed by atoms with Crippen molar-refractivity contribution in [3.63, 3.8) is 0 Å². The van der Waals surface area contributed by atoms with Gasteiger partial charge in [0.05, 0.1) is 16.9 Å². The van der Waals surface area contributed by atoms with Gasteiger partial charge in [-0.05, 0) is 45.4 Å². The molecule has 1 aromatic rings. The zero-order valence-electron chi connectivity index (χ0n) is 13.5. The minimum atomic E-state index is 0.0171. The summed E-state index contributed by atoms with van der Waals surface area (Å²) in [5.74, 6) is 0.567. The van der Waals surface area contributed by atoms with E-state index < -0.39 is 0 Å². The Morgan fingerprint density at radius 2 is 1.68 bits per heavy atom. The van der Waals surface area contributed by atoms with Crippen LogP contribution in [0.4, 0.5) is 0 Å². The van der Waals surface area contributed by atoms with Crippen LogP contribution < -0.4 is 0 Å². The van der Waals surface area contributed by atoms with Crippen molar-refractivity contribution < 1.29 is 0 Å². The van der Waals surface area contributed by atoms with E-state index >= 15 is 0 Å². The smallest absolute Gasteiger partial charge is 0.0862 e. The standard InChI is InChI=1S/C16H29N3/c1-15(2,3)12-10-8-7-9-11-13-14(12)19(18-17-13)16(4,5)6/h12H,7-11H2,1-6H3. The highest BCUT2D eigenvalue weighted by Crippen LogP contribution is 2.42. The van der Waals surface area contributed by atoms with E-state index in [9.17, 15) is 0 Å². The molecular weight excluding hydrogens is 234 g/mol. The first-order valence-electron chi connectivity index (χ1n) is 7.66. The van der Waals surface area contributed by atoms with Gasteiger partial charge in [0, 0.05) is 5.92 Å². The van der Waals surface area contributed by atoms with Gasteiger partial charge in [-0.2, -0.15) is 0 Å². The average molecular weight is 263 g/mol. The summed E-state index contributed by atoms with van der Waals surface area (Å²) in [6.07, 6.45) is 6.27. The summed E-state index contributed by atoms with van der Waals surface area (Å²) in [6.45, 7) is 13.7. The second-order valence-corrected chi connectivity index (χ2v) is 8.02. The molecule has 0 saturated heterocycles. The van der Waals surface area contributed by atoms with Gasteiger partial charge >= 0.3 is 0 Å². The van der Waals surface area contributed by atoms with Gasteiger partial charge in [0.25, 0.3) is 0 Å². The highest BCUT2D eigenvalue weighted by Gasteiger charge is 2.35. The van der Waals surface area contributed by atoms with Gasteiger partial charge in [-0.15, -0.1) is 5.10 Å². The molecule has 1 aliphatic carbocycles. The Hall–Kier alpha value is -0.860. The molecule has 0 aliphatic heterocycles. The lowest BCUT2D eigenvalue weighted by atomic mass is 9.73. The lowest BCUT2D eigenvalue weighted by Gasteiger charge is -2.35. The third-order valence-electron chi connectivity index (χ3n) is 4.20. The van der Waals surface area contributed by atoms with Gasteiger partial charge < -0.3 is 0 Å². The van der Waals surface area contributed by atoms with E-state index in [1.807, 2.05) is 0 Å². The Morgan fingerprint density at radius 1 is 1.00 bits per heavy atom. The molecule has 1 aliphatic rings. The fraction of sp³-hybridized carbons (Fsp3) is 0.875. The van der Waals surface area contributed by atoms with E-state index in [2.05, 4.69) is 56.5 Å². The van der Waals surface area contributed by atoms with Gasteiger partial charge in [-0.3, -0.25) is 0 Å². The fourth-order valence-corrected chi connectivity index (χ4v) is 3.14. The van der Waals surface area contributed by atoms with Crippen molar-refractivity contribution in [2.45, 2.75) is 85.1 Å². The molecule has 19 heavy (non-hydrogen) atoms. The van der Waals surface area contributed by atoms with E-state index in [0.29, 0.717) is 5.92 Å². The summed E-state index contributed by atoms with van der Waals surface area (Å²) < 4.78 is 2.18. The third kappa shape index (κ3) is 3.01. The van der Waals surface area contributed by atoms with Crippen LogP contribution in [0.5, 0.6) is 0 Å². The monoisotopic (exact) mass is 263 g/mol. The minimum absolute atomic E-state index is 0.0171. The van der Waals surface area contributed by atoms with E-state index in [1.165, 1.54) is 37.1 Å². The van der Waals surface area contributed by atoms with Gasteiger partial charge in [-0.25, -0.2) is 4.68 Å². The molecule has 0 amide bonds. The molecule has 1 heterocycles. The molecule has 0 spiro atoms.